The van der Waals surface area contributed by atoms with Gasteiger partial charge in [0.05, 0.1) is 11.6 Å². The van der Waals surface area contributed by atoms with Gasteiger partial charge >= 0.3 is 0 Å². The number of nitrogens with one attached hydrogen (secondary N) is 1. The Balaban J connectivity index is 2.13. The van der Waals surface area contributed by atoms with Crippen LogP contribution in [0.2, 0.25) is 0 Å². The summed E-state index contributed by atoms with van der Waals surface area (Å²) in [6.45, 7) is 1.40. The van der Waals surface area contributed by atoms with Crippen molar-refractivity contribution in [1.29, 1.82) is 0 Å². The van der Waals surface area contributed by atoms with Crippen LogP contribution in [0.4, 0.5) is 11.8 Å². The van der Waals surface area contributed by atoms with Gasteiger partial charge in [-0.3, -0.25) is 5.43 Å². The molecule has 3 rings (SSSR count). The van der Waals surface area contributed by atoms with Gasteiger partial charge in [-0.2, -0.15) is 4.98 Å². The molecule has 0 amide bonds. The first-order chi connectivity index (χ1) is 8.78. The van der Waals surface area contributed by atoms with Gasteiger partial charge in [0, 0.05) is 18.5 Å². The number of aliphatic hydroxyl groups is 1. The second-order valence-electron chi connectivity index (χ2n) is 4.42. The largest absolute Gasteiger partial charge is 0.391 e. The number of hydrazine groups is 1. The highest BCUT2D eigenvalue weighted by atomic mass is 16.3. The molecule has 1 atom stereocenters. The quantitative estimate of drug-likeness (QED) is 0.527. The second kappa shape index (κ2) is 4.40. The maximum atomic E-state index is 9.63. The summed E-state index contributed by atoms with van der Waals surface area (Å²) >= 11 is 0. The standard InChI is InChI=1S/C12H15N5O/c13-16-12-14-10-4-2-1-3-9(10)11(15-12)17-6-5-8(18)7-17/h1-4,8,18H,5-7,13H2,(H,14,15,16). The molecule has 0 spiro atoms. The second-order valence-corrected chi connectivity index (χ2v) is 4.42. The molecule has 0 aliphatic carbocycles. The van der Waals surface area contributed by atoms with Crippen molar-refractivity contribution in [2.45, 2.75) is 12.5 Å². The summed E-state index contributed by atoms with van der Waals surface area (Å²) in [4.78, 5) is 10.8. The lowest BCUT2D eigenvalue weighted by molar-refractivity contribution is 0.198. The molecule has 1 fully saturated rings. The Labute approximate surface area is 104 Å². The van der Waals surface area contributed by atoms with E-state index in [1.54, 1.807) is 0 Å². The first-order valence-electron chi connectivity index (χ1n) is 5.94. The molecule has 4 N–H and O–H groups in total. The molecule has 1 aromatic heterocycles. The molecule has 2 aromatic rings. The first-order valence-corrected chi connectivity index (χ1v) is 5.94. The predicted octanol–water partition coefficient (Wildman–Crippen LogP) is 0.486. The van der Waals surface area contributed by atoms with Gasteiger partial charge in [-0.1, -0.05) is 12.1 Å². The Hall–Kier alpha value is -1.92. The smallest absolute Gasteiger partial charge is 0.239 e. The van der Waals surface area contributed by atoms with Crippen LogP contribution in [0, 0.1) is 0 Å². The third-order valence-corrected chi connectivity index (χ3v) is 3.18. The SMILES string of the molecule is NNc1nc(N2CCC(O)C2)c2ccccc2n1. The van der Waals surface area contributed by atoms with Gasteiger partial charge in [0.15, 0.2) is 0 Å². The highest BCUT2D eigenvalue weighted by Crippen LogP contribution is 2.27. The van der Waals surface area contributed by atoms with Crippen LogP contribution in [0.1, 0.15) is 6.42 Å². The number of aliphatic hydroxyl groups excluding tert-OH is 1. The number of fused-ring (bicyclic) bond motifs is 1. The maximum absolute atomic E-state index is 9.63. The van der Waals surface area contributed by atoms with Crippen molar-refractivity contribution in [1.82, 2.24) is 9.97 Å². The van der Waals surface area contributed by atoms with Crippen LogP contribution in [0.15, 0.2) is 24.3 Å². The van der Waals surface area contributed by atoms with E-state index >= 15 is 0 Å². The predicted molar refractivity (Wildman–Crippen MR) is 70.2 cm³/mol. The topological polar surface area (TPSA) is 87.3 Å². The minimum absolute atomic E-state index is 0.284. The van der Waals surface area contributed by atoms with E-state index in [-0.39, 0.29) is 6.10 Å². The fourth-order valence-electron chi connectivity index (χ4n) is 2.30. The van der Waals surface area contributed by atoms with E-state index in [1.807, 2.05) is 24.3 Å². The molecule has 2 heterocycles. The lowest BCUT2D eigenvalue weighted by Gasteiger charge is -2.19. The number of nitrogen functional groups attached to an aromatic ring is 1. The Morgan fingerprint density at radius 3 is 2.89 bits per heavy atom. The van der Waals surface area contributed by atoms with E-state index in [9.17, 15) is 5.11 Å². The van der Waals surface area contributed by atoms with E-state index in [2.05, 4.69) is 20.3 Å². The molecule has 0 saturated carbocycles. The minimum atomic E-state index is -0.284. The number of aromatic nitrogens is 2. The minimum Gasteiger partial charge on any atom is -0.391 e. The molecule has 1 aliphatic rings. The van der Waals surface area contributed by atoms with Crippen molar-refractivity contribution >= 4 is 22.7 Å². The molecule has 94 valence electrons. The monoisotopic (exact) mass is 245 g/mol. The molecular weight excluding hydrogens is 230 g/mol. The van der Waals surface area contributed by atoms with Gasteiger partial charge < -0.3 is 10.0 Å². The number of rotatable bonds is 2. The number of hydrogen-bond donors (Lipinski definition) is 3. The zero-order chi connectivity index (χ0) is 12.5. The number of hydrogen-bond acceptors (Lipinski definition) is 6. The van der Waals surface area contributed by atoms with Gasteiger partial charge in [0.2, 0.25) is 5.95 Å². The normalized spacial score (nSPS) is 19.4. The molecule has 18 heavy (non-hydrogen) atoms. The van der Waals surface area contributed by atoms with Crippen LogP contribution >= 0.6 is 0 Å². The van der Waals surface area contributed by atoms with E-state index in [4.69, 9.17) is 5.84 Å². The average molecular weight is 245 g/mol. The lowest BCUT2D eigenvalue weighted by atomic mass is 10.2. The molecular formula is C12H15N5O. The molecule has 6 heteroatoms. The zero-order valence-electron chi connectivity index (χ0n) is 9.87. The van der Waals surface area contributed by atoms with Gasteiger partial charge in [0.25, 0.3) is 0 Å². The summed E-state index contributed by atoms with van der Waals surface area (Å²) in [7, 11) is 0. The van der Waals surface area contributed by atoms with Crippen molar-refractivity contribution in [2.75, 3.05) is 23.4 Å². The average Bonchev–Trinajstić information content (AvgIpc) is 2.84. The van der Waals surface area contributed by atoms with E-state index in [0.29, 0.717) is 12.5 Å². The van der Waals surface area contributed by atoms with Crippen LogP contribution in [0.25, 0.3) is 10.9 Å². The van der Waals surface area contributed by atoms with Crippen molar-refractivity contribution in [3.63, 3.8) is 0 Å². The number of nitrogens with two attached hydrogens (primary N) is 1. The summed E-state index contributed by atoms with van der Waals surface area (Å²) in [5.74, 6) is 6.61. The molecule has 1 aliphatic heterocycles. The van der Waals surface area contributed by atoms with Crippen molar-refractivity contribution in [3.05, 3.63) is 24.3 Å². The molecule has 0 radical (unpaired) electrons. The van der Waals surface area contributed by atoms with Crippen LogP contribution in [-0.4, -0.2) is 34.3 Å². The zero-order valence-corrected chi connectivity index (χ0v) is 9.87. The van der Waals surface area contributed by atoms with Crippen LogP contribution < -0.4 is 16.2 Å². The van der Waals surface area contributed by atoms with Gasteiger partial charge in [-0.05, 0) is 18.6 Å². The molecule has 1 aromatic carbocycles. The third-order valence-electron chi connectivity index (χ3n) is 3.18. The summed E-state index contributed by atoms with van der Waals surface area (Å²) in [5.41, 5.74) is 3.33. The van der Waals surface area contributed by atoms with Crippen LogP contribution in [0.5, 0.6) is 0 Å². The third kappa shape index (κ3) is 1.85. The molecule has 1 unspecified atom stereocenters. The summed E-state index contributed by atoms with van der Waals surface area (Å²) in [5, 5.41) is 10.6. The maximum Gasteiger partial charge on any atom is 0.239 e. The van der Waals surface area contributed by atoms with Crippen molar-refractivity contribution < 1.29 is 5.11 Å². The van der Waals surface area contributed by atoms with Crippen LogP contribution in [-0.2, 0) is 0 Å². The molecule has 1 saturated heterocycles. The summed E-state index contributed by atoms with van der Waals surface area (Å²) in [6.07, 6.45) is 0.483. The number of anilines is 2. The van der Waals surface area contributed by atoms with Gasteiger partial charge in [-0.15, -0.1) is 0 Å². The van der Waals surface area contributed by atoms with E-state index in [0.717, 1.165) is 29.7 Å². The molecule has 6 nitrogen and oxygen atoms in total. The van der Waals surface area contributed by atoms with Gasteiger partial charge in [0.1, 0.15) is 5.82 Å². The number of benzene rings is 1. The number of nitrogens with zero attached hydrogens (tertiary/aromatic N) is 3. The first kappa shape index (κ1) is 11.2. The fraction of sp³-hybridized carbons (Fsp3) is 0.333. The highest BCUT2D eigenvalue weighted by molar-refractivity contribution is 5.90. The Bertz CT molecular complexity index is 573. The summed E-state index contributed by atoms with van der Waals surface area (Å²) < 4.78 is 0. The number of para-hydroxylation sites is 1. The van der Waals surface area contributed by atoms with Crippen LogP contribution in [0.3, 0.4) is 0 Å². The Morgan fingerprint density at radius 2 is 2.17 bits per heavy atom. The summed E-state index contributed by atoms with van der Waals surface area (Å²) in [6, 6.07) is 7.79. The highest BCUT2D eigenvalue weighted by Gasteiger charge is 2.23. The van der Waals surface area contributed by atoms with E-state index in [1.165, 1.54) is 0 Å². The molecule has 0 bridgehead atoms. The Morgan fingerprint density at radius 1 is 1.33 bits per heavy atom. The van der Waals surface area contributed by atoms with Gasteiger partial charge in [-0.25, -0.2) is 10.8 Å². The Kier molecular flexibility index (Phi) is 2.73. The van der Waals surface area contributed by atoms with Crippen molar-refractivity contribution in [3.8, 4) is 0 Å². The fourth-order valence-corrected chi connectivity index (χ4v) is 2.30. The van der Waals surface area contributed by atoms with E-state index < -0.39 is 0 Å². The lowest BCUT2D eigenvalue weighted by Crippen LogP contribution is -2.23. The van der Waals surface area contributed by atoms with Crippen molar-refractivity contribution in [2.24, 2.45) is 5.84 Å². The number of β-amino-alcohol motifs (C(OH)–C–C–N with tert-alkyl or cyclic N) is 1.